The molecule has 2 saturated heterocycles. The summed E-state index contributed by atoms with van der Waals surface area (Å²) < 4.78 is 13.2. The lowest BCUT2D eigenvalue weighted by atomic mass is 9.94. The molecule has 1 aromatic carbocycles. The maximum atomic E-state index is 13.6. The zero-order chi connectivity index (χ0) is 22.7. The minimum absolute atomic E-state index is 0.0615. The molecule has 1 aliphatic carbocycles. The van der Waals surface area contributed by atoms with Crippen molar-refractivity contribution in [3.05, 3.63) is 35.6 Å². The Labute approximate surface area is 189 Å². The summed E-state index contributed by atoms with van der Waals surface area (Å²) in [5, 5.41) is 0. The molecule has 8 heteroatoms. The molecule has 3 fully saturated rings. The molecule has 3 aliphatic rings. The van der Waals surface area contributed by atoms with Crippen molar-refractivity contribution in [2.75, 3.05) is 52.4 Å². The molecular weight excluding hydrogens is 411 g/mol. The fourth-order valence-electron chi connectivity index (χ4n) is 5.34. The molecular formula is C24H33FN4O3. The van der Waals surface area contributed by atoms with Crippen molar-refractivity contribution in [2.45, 2.75) is 38.6 Å². The highest BCUT2D eigenvalue weighted by Crippen LogP contribution is 2.32. The number of piperazine rings is 2. The normalized spacial score (nSPS) is 21.6. The third-order valence-electron chi connectivity index (χ3n) is 7.22. The Balaban J connectivity index is 1.40. The van der Waals surface area contributed by atoms with Crippen molar-refractivity contribution in [1.82, 2.24) is 19.6 Å². The molecule has 1 saturated carbocycles. The van der Waals surface area contributed by atoms with Crippen LogP contribution in [-0.2, 0) is 9.59 Å². The molecule has 2 heterocycles. The van der Waals surface area contributed by atoms with Gasteiger partial charge in [0.05, 0.1) is 6.04 Å². The first-order valence-corrected chi connectivity index (χ1v) is 11.8. The summed E-state index contributed by atoms with van der Waals surface area (Å²) in [4.78, 5) is 45.8. The van der Waals surface area contributed by atoms with Gasteiger partial charge in [0.25, 0.3) is 5.91 Å². The summed E-state index contributed by atoms with van der Waals surface area (Å²) in [6.45, 7) is 6.38. The van der Waals surface area contributed by atoms with E-state index in [1.807, 2.05) is 4.90 Å². The van der Waals surface area contributed by atoms with E-state index in [9.17, 15) is 18.8 Å². The molecule has 7 nitrogen and oxygen atoms in total. The summed E-state index contributed by atoms with van der Waals surface area (Å²) in [7, 11) is 0. The molecule has 1 atom stereocenters. The van der Waals surface area contributed by atoms with Crippen LogP contribution in [0.4, 0.5) is 4.39 Å². The molecule has 4 rings (SSSR count). The number of rotatable bonds is 4. The highest BCUT2D eigenvalue weighted by molar-refractivity contribution is 5.94. The Hall–Kier alpha value is -2.48. The lowest BCUT2D eigenvalue weighted by Gasteiger charge is -2.44. The molecule has 0 bridgehead atoms. The number of hydrogen-bond acceptors (Lipinski definition) is 4. The topological polar surface area (TPSA) is 64.2 Å². The molecule has 0 aromatic heterocycles. The zero-order valence-corrected chi connectivity index (χ0v) is 18.8. The maximum absolute atomic E-state index is 13.6. The number of amides is 3. The molecule has 0 N–H and O–H groups in total. The highest BCUT2D eigenvalue weighted by Gasteiger charge is 2.40. The zero-order valence-electron chi connectivity index (χ0n) is 18.8. The first-order valence-electron chi connectivity index (χ1n) is 11.8. The van der Waals surface area contributed by atoms with Gasteiger partial charge < -0.3 is 14.7 Å². The van der Waals surface area contributed by atoms with Crippen LogP contribution >= 0.6 is 0 Å². The highest BCUT2D eigenvalue weighted by atomic mass is 19.1. The third-order valence-corrected chi connectivity index (χ3v) is 7.22. The summed E-state index contributed by atoms with van der Waals surface area (Å²) in [5.74, 6) is 0.152. The van der Waals surface area contributed by atoms with E-state index in [1.54, 1.807) is 16.7 Å². The van der Waals surface area contributed by atoms with Crippen LogP contribution < -0.4 is 0 Å². The smallest absolute Gasteiger partial charge is 0.253 e. The predicted octanol–water partition coefficient (Wildman–Crippen LogP) is 1.83. The number of benzene rings is 1. The minimum Gasteiger partial charge on any atom is -0.339 e. The summed E-state index contributed by atoms with van der Waals surface area (Å²) in [6, 6.07) is 5.52. The summed E-state index contributed by atoms with van der Waals surface area (Å²) in [5.41, 5.74) is 0.492. The van der Waals surface area contributed by atoms with Crippen LogP contribution in [0.15, 0.2) is 24.3 Å². The molecule has 2 aliphatic heterocycles. The van der Waals surface area contributed by atoms with Crippen LogP contribution in [0.5, 0.6) is 0 Å². The van der Waals surface area contributed by atoms with Crippen LogP contribution in [0.1, 0.15) is 43.0 Å². The van der Waals surface area contributed by atoms with Gasteiger partial charge in [-0.1, -0.05) is 12.8 Å². The predicted molar refractivity (Wildman–Crippen MR) is 118 cm³/mol. The second-order valence-corrected chi connectivity index (χ2v) is 9.16. The van der Waals surface area contributed by atoms with Crippen LogP contribution in [0.3, 0.4) is 0 Å². The Morgan fingerprint density at radius 3 is 1.91 bits per heavy atom. The van der Waals surface area contributed by atoms with E-state index < -0.39 is 0 Å². The van der Waals surface area contributed by atoms with Gasteiger partial charge in [-0.3, -0.25) is 19.3 Å². The number of nitrogens with zero attached hydrogens (tertiary/aromatic N) is 4. The van der Waals surface area contributed by atoms with Gasteiger partial charge in [-0.25, -0.2) is 4.39 Å². The molecule has 0 radical (unpaired) electrons. The quantitative estimate of drug-likeness (QED) is 0.711. The van der Waals surface area contributed by atoms with E-state index >= 15 is 0 Å². The lowest BCUT2D eigenvalue weighted by Crippen LogP contribution is -2.60. The van der Waals surface area contributed by atoms with Gasteiger partial charge in [0, 0.05) is 64.8 Å². The van der Waals surface area contributed by atoms with E-state index in [-0.39, 0.29) is 29.6 Å². The van der Waals surface area contributed by atoms with E-state index in [0.717, 1.165) is 25.7 Å². The molecule has 32 heavy (non-hydrogen) atoms. The van der Waals surface area contributed by atoms with Crippen LogP contribution in [0, 0.1) is 11.7 Å². The fourth-order valence-corrected chi connectivity index (χ4v) is 5.34. The number of halogens is 1. The maximum Gasteiger partial charge on any atom is 0.253 e. The van der Waals surface area contributed by atoms with Crippen molar-refractivity contribution in [1.29, 1.82) is 0 Å². The number of carbonyl (C=O) groups excluding carboxylic acids is 3. The van der Waals surface area contributed by atoms with Gasteiger partial charge in [0.1, 0.15) is 5.82 Å². The first-order chi connectivity index (χ1) is 15.4. The molecule has 1 aromatic rings. The van der Waals surface area contributed by atoms with E-state index in [4.69, 9.17) is 0 Å². The Morgan fingerprint density at radius 2 is 1.34 bits per heavy atom. The number of carbonyl (C=O) groups is 3. The van der Waals surface area contributed by atoms with Gasteiger partial charge in [0.2, 0.25) is 11.8 Å². The van der Waals surface area contributed by atoms with Gasteiger partial charge >= 0.3 is 0 Å². The fraction of sp³-hybridized carbons (Fsp3) is 0.625. The van der Waals surface area contributed by atoms with Gasteiger partial charge in [0.15, 0.2) is 0 Å². The van der Waals surface area contributed by atoms with E-state index in [1.165, 1.54) is 24.3 Å². The SMILES string of the molecule is CC(=O)N1CCN(C(=O)C(C2CCCC2)N2CCN(C(=O)c3ccc(F)cc3)CC2)CC1. The summed E-state index contributed by atoms with van der Waals surface area (Å²) >= 11 is 0. The van der Waals surface area contributed by atoms with E-state index in [0.29, 0.717) is 63.8 Å². The van der Waals surface area contributed by atoms with Gasteiger partial charge in [-0.2, -0.15) is 0 Å². The van der Waals surface area contributed by atoms with Crippen molar-refractivity contribution in [3.63, 3.8) is 0 Å². The van der Waals surface area contributed by atoms with Gasteiger partial charge in [-0.05, 0) is 43.0 Å². The summed E-state index contributed by atoms with van der Waals surface area (Å²) in [6.07, 6.45) is 4.46. The first kappa shape index (κ1) is 22.7. The molecule has 1 unspecified atom stereocenters. The second kappa shape index (κ2) is 9.98. The molecule has 3 amide bonds. The Kier molecular flexibility index (Phi) is 7.08. The minimum atomic E-state index is -0.353. The van der Waals surface area contributed by atoms with E-state index in [2.05, 4.69) is 4.90 Å². The van der Waals surface area contributed by atoms with Crippen molar-refractivity contribution in [2.24, 2.45) is 5.92 Å². The number of hydrogen-bond donors (Lipinski definition) is 0. The second-order valence-electron chi connectivity index (χ2n) is 9.16. The van der Waals surface area contributed by atoms with Crippen LogP contribution in [0.2, 0.25) is 0 Å². The monoisotopic (exact) mass is 444 g/mol. The average Bonchev–Trinajstić information content (AvgIpc) is 3.34. The largest absolute Gasteiger partial charge is 0.339 e. The van der Waals surface area contributed by atoms with Crippen LogP contribution in [0.25, 0.3) is 0 Å². The standard InChI is InChI=1S/C24H33FN4O3/c1-18(30)26-10-14-29(15-11-26)24(32)22(19-4-2-3-5-19)27-12-16-28(17-13-27)23(31)20-6-8-21(25)9-7-20/h6-9,19,22H,2-5,10-17H2,1H3. The van der Waals surface area contributed by atoms with Crippen molar-refractivity contribution in [3.8, 4) is 0 Å². The lowest BCUT2D eigenvalue weighted by molar-refractivity contribution is -0.144. The molecule has 0 spiro atoms. The van der Waals surface area contributed by atoms with Crippen molar-refractivity contribution < 1.29 is 18.8 Å². The third kappa shape index (κ3) is 4.95. The Bertz CT molecular complexity index is 824. The Morgan fingerprint density at radius 1 is 0.812 bits per heavy atom. The average molecular weight is 445 g/mol. The van der Waals surface area contributed by atoms with Crippen molar-refractivity contribution >= 4 is 17.7 Å². The van der Waals surface area contributed by atoms with Gasteiger partial charge in [-0.15, -0.1) is 0 Å². The molecule has 174 valence electrons. The van der Waals surface area contributed by atoms with Crippen LogP contribution in [-0.4, -0.2) is 95.7 Å².